The van der Waals surface area contributed by atoms with Gasteiger partial charge in [0.25, 0.3) is 11.5 Å². The second-order valence-corrected chi connectivity index (χ2v) is 7.79. The zero-order chi connectivity index (χ0) is 24.5. The number of nitrogens with zero attached hydrogens (tertiary/aromatic N) is 4. The zero-order valence-electron chi connectivity index (χ0n) is 18.6. The van der Waals surface area contributed by atoms with Gasteiger partial charge in [-0.05, 0) is 61.7 Å². The Morgan fingerprint density at radius 3 is 2.12 bits per heavy atom. The Bertz CT molecular complexity index is 1290. The molecule has 0 aliphatic rings. The fourth-order valence-electron chi connectivity index (χ4n) is 3.34. The summed E-state index contributed by atoms with van der Waals surface area (Å²) in [5.41, 5.74) is -0.664. The van der Waals surface area contributed by atoms with E-state index in [9.17, 15) is 27.6 Å². The number of halogens is 3. The minimum Gasteiger partial charge on any atom is -0.340 e. The molecule has 0 saturated carbocycles. The molecule has 0 N–H and O–H groups in total. The molecule has 0 bridgehead atoms. The van der Waals surface area contributed by atoms with Crippen LogP contribution >= 0.6 is 0 Å². The molecule has 0 aliphatic carbocycles. The van der Waals surface area contributed by atoms with Crippen LogP contribution in [0.25, 0.3) is 5.69 Å². The van der Waals surface area contributed by atoms with E-state index >= 15 is 0 Å². The maximum absolute atomic E-state index is 13.2. The van der Waals surface area contributed by atoms with Crippen molar-refractivity contribution in [2.24, 2.45) is 0 Å². The van der Waals surface area contributed by atoms with E-state index in [1.165, 1.54) is 24.1 Å². The summed E-state index contributed by atoms with van der Waals surface area (Å²) >= 11 is 0. The second-order valence-electron chi connectivity index (χ2n) is 7.79. The third-order valence-corrected chi connectivity index (χ3v) is 5.16. The van der Waals surface area contributed by atoms with Crippen molar-refractivity contribution in [3.05, 3.63) is 91.3 Å². The number of carbonyl (C=O) groups excluding carboxylic acids is 1. The number of rotatable bonds is 5. The summed E-state index contributed by atoms with van der Waals surface area (Å²) in [6.45, 7) is 5.37. The van der Waals surface area contributed by atoms with Gasteiger partial charge in [0.15, 0.2) is 0 Å². The summed E-state index contributed by atoms with van der Waals surface area (Å²) in [6, 6.07) is 9.40. The van der Waals surface area contributed by atoms with Gasteiger partial charge >= 0.3 is 11.9 Å². The van der Waals surface area contributed by atoms with Crippen molar-refractivity contribution in [3.63, 3.8) is 0 Å². The molecular formula is C23H23F3N4O3. The molecule has 174 valence electrons. The topological polar surface area (TPSA) is 77.2 Å². The molecular weight excluding hydrogens is 437 g/mol. The van der Waals surface area contributed by atoms with Crippen molar-refractivity contribution < 1.29 is 18.0 Å². The first-order valence-electron chi connectivity index (χ1n) is 10.2. The van der Waals surface area contributed by atoms with Crippen LogP contribution in [0.1, 0.15) is 39.7 Å². The van der Waals surface area contributed by atoms with Crippen molar-refractivity contribution in [1.82, 2.24) is 19.2 Å². The fourth-order valence-corrected chi connectivity index (χ4v) is 3.34. The van der Waals surface area contributed by atoms with Crippen LogP contribution in [0.4, 0.5) is 13.2 Å². The van der Waals surface area contributed by atoms with Crippen molar-refractivity contribution in [2.75, 3.05) is 13.6 Å². The molecule has 0 radical (unpaired) electrons. The standard InChI is InChI=1S/C23H23F3N4O3/c1-5-28(4)20(31)19-21(32)29(13-16-6-8-17(9-7-16)23(24,25)26)22(33)30(27-19)18-11-14(2)10-15(3)12-18/h6-12H,5,13H2,1-4H3. The van der Waals surface area contributed by atoms with Gasteiger partial charge in [0.1, 0.15) is 0 Å². The highest BCUT2D eigenvalue weighted by atomic mass is 19.4. The predicted octanol–water partition coefficient (Wildman–Crippen LogP) is 3.17. The van der Waals surface area contributed by atoms with Crippen LogP contribution in [-0.2, 0) is 12.7 Å². The normalized spacial score (nSPS) is 11.5. The third-order valence-electron chi connectivity index (χ3n) is 5.16. The van der Waals surface area contributed by atoms with Crippen molar-refractivity contribution in [3.8, 4) is 5.69 Å². The largest absolute Gasteiger partial charge is 0.416 e. The van der Waals surface area contributed by atoms with Gasteiger partial charge in [-0.3, -0.25) is 14.2 Å². The van der Waals surface area contributed by atoms with Crippen LogP contribution in [0, 0.1) is 13.8 Å². The molecule has 1 amide bonds. The molecule has 0 spiro atoms. The molecule has 0 saturated heterocycles. The molecule has 10 heteroatoms. The molecule has 0 aliphatic heterocycles. The number of alkyl halides is 3. The van der Waals surface area contributed by atoms with Gasteiger partial charge in [0.05, 0.1) is 17.8 Å². The lowest BCUT2D eigenvalue weighted by Crippen LogP contribution is -2.46. The number of hydrogen-bond acceptors (Lipinski definition) is 4. The lowest BCUT2D eigenvalue weighted by molar-refractivity contribution is -0.137. The summed E-state index contributed by atoms with van der Waals surface area (Å²) in [6.07, 6.45) is -4.51. The Labute approximate surface area is 187 Å². The number of carbonyl (C=O) groups is 1. The first kappa shape index (κ1) is 24.0. The van der Waals surface area contributed by atoms with E-state index in [0.29, 0.717) is 17.8 Å². The zero-order valence-corrected chi connectivity index (χ0v) is 18.6. The molecule has 33 heavy (non-hydrogen) atoms. The molecule has 0 unspecified atom stereocenters. The van der Waals surface area contributed by atoms with E-state index in [2.05, 4.69) is 5.10 Å². The molecule has 0 fully saturated rings. The van der Waals surface area contributed by atoms with Gasteiger partial charge in [-0.2, -0.15) is 23.0 Å². The molecule has 3 aromatic rings. The SMILES string of the molecule is CCN(C)C(=O)c1nn(-c2cc(C)cc(C)c2)c(=O)n(Cc2ccc(C(F)(F)F)cc2)c1=O. The van der Waals surface area contributed by atoms with E-state index in [1.54, 1.807) is 19.1 Å². The number of aromatic nitrogens is 3. The molecule has 1 aromatic heterocycles. The van der Waals surface area contributed by atoms with E-state index in [0.717, 1.165) is 32.5 Å². The average Bonchev–Trinajstić information content (AvgIpc) is 2.74. The highest BCUT2D eigenvalue weighted by Crippen LogP contribution is 2.29. The smallest absolute Gasteiger partial charge is 0.340 e. The molecule has 7 nitrogen and oxygen atoms in total. The van der Waals surface area contributed by atoms with Gasteiger partial charge in [-0.25, -0.2) is 4.79 Å². The summed E-state index contributed by atoms with van der Waals surface area (Å²) in [4.78, 5) is 40.4. The molecule has 2 aromatic carbocycles. The van der Waals surface area contributed by atoms with Gasteiger partial charge < -0.3 is 4.90 Å². The van der Waals surface area contributed by atoms with Crippen LogP contribution < -0.4 is 11.2 Å². The minimum atomic E-state index is -4.51. The first-order valence-corrected chi connectivity index (χ1v) is 10.2. The Morgan fingerprint density at radius 2 is 1.61 bits per heavy atom. The first-order chi connectivity index (χ1) is 15.4. The van der Waals surface area contributed by atoms with Gasteiger partial charge in [0.2, 0.25) is 5.69 Å². The number of aryl methyl sites for hydroxylation is 2. The third kappa shape index (κ3) is 5.05. The van der Waals surface area contributed by atoms with E-state index in [1.807, 2.05) is 19.9 Å². The second kappa shape index (κ2) is 9.05. The maximum atomic E-state index is 13.2. The lowest BCUT2D eigenvalue weighted by atomic mass is 10.1. The quantitative estimate of drug-likeness (QED) is 0.586. The monoisotopic (exact) mass is 460 g/mol. The Morgan fingerprint density at radius 1 is 1.03 bits per heavy atom. The van der Waals surface area contributed by atoms with Gasteiger partial charge in [-0.15, -0.1) is 0 Å². The van der Waals surface area contributed by atoms with Crippen LogP contribution in [-0.4, -0.2) is 38.7 Å². The highest BCUT2D eigenvalue weighted by molar-refractivity contribution is 5.91. The van der Waals surface area contributed by atoms with Crippen LogP contribution in [0.5, 0.6) is 0 Å². The Kier molecular flexibility index (Phi) is 6.57. The molecule has 0 atom stereocenters. The predicted molar refractivity (Wildman–Crippen MR) is 117 cm³/mol. The fraction of sp³-hybridized carbons (Fsp3) is 0.304. The molecule has 1 heterocycles. The summed E-state index contributed by atoms with van der Waals surface area (Å²) in [5, 5.41) is 4.07. The van der Waals surface area contributed by atoms with E-state index in [-0.39, 0.29) is 6.54 Å². The summed E-state index contributed by atoms with van der Waals surface area (Å²) in [5.74, 6) is -0.665. The number of hydrogen-bond donors (Lipinski definition) is 0. The van der Waals surface area contributed by atoms with Crippen molar-refractivity contribution in [2.45, 2.75) is 33.5 Å². The van der Waals surface area contributed by atoms with E-state index < -0.39 is 34.6 Å². The Hall–Kier alpha value is -3.69. The highest BCUT2D eigenvalue weighted by Gasteiger charge is 2.30. The van der Waals surface area contributed by atoms with Gasteiger partial charge in [0, 0.05) is 13.6 Å². The lowest BCUT2D eigenvalue weighted by Gasteiger charge is -2.17. The molecule has 3 rings (SSSR count). The van der Waals surface area contributed by atoms with Crippen LogP contribution in [0.3, 0.4) is 0 Å². The summed E-state index contributed by atoms with van der Waals surface area (Å²) in [7, 11) is 1.50. The van der Waals surface area contributed by atoms with Crippen LogP contribution in [0.15, 0.2) is 52.1 Å². The van der Waals surface area contributed by atoms with E-state index in [4.69, 9.17) is 0 Å². The maximum Gasteiger partial charge on any atom is 0.416 e. The van der Waals surface area contributed by atoms with Crippen LogP contribution in [0.2, 0.25) is 0 Å². The van der Waals surface area contributed by atoms with Crippen molar-refractivity contribution >= 4 is 5.91 Å². The van der Waals surface area contributed by atoms with Gasteiger partial charge in [-0.1, -0.05) is 18.2 Å². The average molecular weight is 460 g/mol. The Balaban J connectivity index is 2.21. The summed E-state index contributed by atoms with van der Waals surface area (Å²) < 4.78 is 40.4. The van der Waals surface area contributed by atoms with Crippen molar-refractivity contribution in [1.29, 1.82) is 0 Å². The minimum absolute atomic E-state index is 0.294. The number of amides is 1. The number of benzene rings is 2.